The van der Waals surface area contributed by atoms with E-state index in [-0.39, 0.29) is 11.9 Å². The Bertz CT molecular complexity index is 452. The predicted octanol–water partition coefficient (Wildman–Crippen LogP) is 3.05. The van der Waals surface area contributed by atoms with Crippen molar-refractivity contribution in [2.24, 2.45) is 0 Å². The van der Waals surface area contributed by atoms with Crippen molar-refractivity contribution in [1.29, 1.82) is 0 Å². The number of carbonyl (C=O) groups excluding carboxylic acids is 2. The van der Waals surface area contributed by atoms with E-state index in [4.69, 9.17) is 0 Å². The maximum Gasteiger partial charge on any atom is 0.251 e. The molecule has 3 heteroatoms. The standard InChI is InChI=1S/C16H21NO2/c1-11(2)12-3-5-13(6-4-12)16(19)17-14-7-9-15(18)10-8-14/h3-6,11,14H,7-10H2,1-2H3,(H,17,19). The summed E-state index contributed by atoms with van der Waals surface area (Å²) >= 11 is 0. The fraction of sp³-hybridized carbons (Fsp3) is 0.500. The first-order valence-electron chi connectivity index (χ1n) is 6.99. The molecule has 0 aromatic heterocycles. The van der Waals surface area contributed by atoms with E-state index in [0.717, 1.165) is 12.8 Å². The predicted molar refractivity (Wildman–Crippen MR) is 75.3 cm³/mol. The largest absolute Gasteiger partial charge is 0.349 e. The SMILES string of the molecule is CC(C)c1ccc(C(=O)NC2CCC(=O)CC2)cc1. The number of hydrogen-bond donors (Lipinski definition) is 1. The van der Waals surface area contributed by atoms with Crippen LogP contribution in [-0.2, 0) is 4.79 Å². The third kappa shape index (κ3) is 3.66. The molecule has 1 amide bonds. The Morgan fingerprint density at radius 2 is 1.74 bits per heavy atom. The van der Waals surface area contributed by atoms with E-state index in [1.165, 1.54) is 5.56 Å². The van der Waals surface area contributed by atoms with Gasteiger partial charge >= 0.3 is 0 Å². The zero-order valence-corrected chi connectivity index (χ0v) is 11.6. The van der Waals surface area contributed by atoms with Gasteiger partial charge in [-0.05, 0) is 36.5 Å². The van der Waals surface area contributed by atoms with Gasteiger partial charge in [0, 0.05) is 24.4 Å². The molecule has 3 nitrogen and oxygen atoms in total. The van der Waals surface area contributed by atoms with Gasteiger partial charge in [0.2, 0.25) is 0 Å². The molecule has 0 unspecified atom stereocenters. The molecular weight excluding hydrogens is 238 g/mol. The van der Waals surface area contributed by atoms with Crippen LogP contribution in [0.25, 0.3) is 0 Å². The number of amides is 1. The van der Waals surface area contributed by atoms with Gasteiger partial charge in [-0.3, -0.25) is 9.59 Å². The summed E-state index contributed by atoms with van der Waals surface area (Å²) in [5.41, 5.74) is 1.93. The lowest BCUT2D eigenvalue weighted by Gasteiger charge is -2.22. The van der Waals surface area contributed by atoms with E-state index < -0.39 is 0 Å². The van der Waals surface area contributed by atoms with Crippen molar-refractivity contribution in [3.63, 3.8) is 0 Å². The molecule has 1 fully saturated rings. The Morgan fingerprint density at radius 3 is 2.26 bits per heavy atom. The summed E-state index contributed by atoms with van der Waals surface area (Å²) in [4.78, 5) is 23.2. The number of ketones is 1. The molecule has 1 aromatic rings. The molecule has 2 rings (SSSR count). The van der Waals surface area contributed by atoms with Crippen LogP contribution in [0.15, 0.2) is 24.3 Å². The highest BCUT2D eigenvalue weighted by Gasteiger charge is 2.20. The summed E-state index contributed by atoms with van der Waals surface area (Å²) < 4.78 is 0. The van der Waals surface area contributed by atoms with Crippen LogP contribution in [0.5, 0.6) is 0 Å². The molecule has 1 saturated carbocycles. The third-order valence-corrected chi connectivity index (χ3v) is 3.72. The van der Waals surface area contributed by atoms with Crippen molar-refractivity contribution >= 4 is 11.7 Å². The van der Waals surface area contributed by atoms with Crippen LogP contribution in [0.1, 0.15) is 61.4 Å². The Kier molecular flexibility index (Phi) is 4.35. The zero-order chi connectivity index (χ0) is 13.8. The minimum Gasteiger partial charge on any atom is -0.349 e. The molecule has 0 aliphatic heterocycles. The van der Waals surface area contributed by atoms with Crippen LogP contribution in [0, 0.1) is 0 Å². The molecule has 1 aliphatic carbocycles. The summed E-state index contributed by atoms with van der Waals surface area (Å²) in [5.74, 6) is 0.753. The number of nitrogens with one attached hydrogen (secondary N) is 1. The first-order valence-corrected chi connectivity index (χ1v) is 6.99. The third-order valence-electron chi connectivity index (χ3n) is 3.72. The van der Waals surface area contributed by atoms with Gasteiger partial charge in [0.05, 0.1) is 0 Å². The van der Waals surface area contributed by atoms with Crippen LogP contribution in [0.2, 0.25) is 0 Å². The highest BCUT2D eigenvalue weighted by atomic mass is 16.1. The second-order valence-electron chi connectivity index (χ2n) is 5.56. The first kappa shape index (κ1) is 13.8. The monoisotopic (exact) mass is 259 g/mol. The molecule has 0 atom stereocenters. The van der Waals surface area contributed by atoms with E-state index in [1.54, 1.807) is 0 Å². The molecule has 0 radical (unpaired) electrons. The lowest BCUT2D eigenvalue weighted by molar-refractivity contribution is -0.120. The van der Waals surface area contributed by atoms with Gasteiger partial charge in [0.15, 0.2) is 0 Å². The van der Waals surface area contributed by atoms with Crippen LogP contribution >= 0.6 is 0 Å². The van der Waals surface area contributed by atoms with Crippen molar-refractivity contribution in [1.82, 2.24) is 5.32 Å². The average molecular weight is 259 g/mol. The normalized spacial score (nSPS) is 16.7. The number of rotatable bonds is 3. The van der Waals surface area contributed by atoms with Gasteiger partial charge in [0.1, 0.15) is 5.78 Å². The van der Waals surface area contributed by atoms with Crippen LogP contribution < -0.4 is 5.32 Å². The van der Waals surface area contributed by atoms with Gasteiger partial charge in [-0.25, -0.2) is 0 Å². The number of hydrogen-bond acceptors (Lipinski definition) is 2. The molecule has 0 bridgehead atoms. The lowest BCUT2D eigenvalue weighted by atomic mass is 9.94. The summed E-state index contributed by atoms with van der Waals surface area (Å²) in [7, 11) is 0. The van der Waals surface area contributed by atoms with Gasteiger partial charge < -0.3 is 5.32 Å². The van der Waals surface area contributed by atoms with E-state index in [0.29, 0.717) is 30.1 Å². The maximum absolute atomic E-state index is 12.1. The Hall–Kier alpha value is -1.64. The van der Waals surface area contributed by atoms with E-state index in [2.05, 4.69) is 19.2 Å². The van der Waals surface area contributed by atoms with Gasteiger partial charge in [-0.1, -0.05) is 26.0 Å². The second-order valence-corrected chi connectivity index (χ2v) is 5.56. The first-order chi connectivity index (χ1) is 9.06. The molecule has 1 N–H and O–H groups in total. The van der Waals surface area contributed by atoms with Crippen LogP contribution in [0.3, 0.4) is 0 Å². The van der Waals surface area contributed by atoms with Crippen molar-refractivity contribution < 1.29 is 9.59 Å². The average Bonchev–Trinajstić information content (AvgIpc) is 2.41. The fourth-order valence-electron chi connectivity index (χ4n) is 2.37. The zero-order valence-electron chi connectivity index (χ0n) is 11.6. The number of carbonyl (C=O) groups is 2. The highest BCUT2D eigenvalue weighted by molar-refractivity contribution is 5.94. The van der Waals surface area contributed by atoms with Gasteiger partial charge in [-0.2, -0.15) is 0 Å². The molecule has 0 saturated heterocycles. The van der Waals surface area contributed by atoms with Crippen LogP contribution in [-0.4, -0.2) is 17.7 Å². The molecule has 1 aliphatic rings. The summed E-state index contributed by atoms with van der Waals surface area (Å²) in [5, 5.41) is 3.01. The van der Waals surface area contributed by atoms with Crippen LogP contribution in [0.4, 0.5) is 0 Å². The topological polar surface area (TPSA) is 46.2 Å². The quantitative estimate of drug-likeness (QED) is 0.906. The van der Waals surface area contributed by atoms with E-state index in [9.17, 15) is 9.59 Å². The van der Waals surface area contributed by atoms with Crippen molar-refractivity contribution in [2.75, 3.05) is 0 Å². The number of Topliss-reactive ketones (excluding diaryl/α,β-unsaturated/α-hetero) is 1. The van der Waals surface area contributed by atoms with Gasteiger partial charge in [0.25, 0.3) is 5.91 Å². The molecule has 102 valence electrons. The summed E-state index contributed by atoms with van der Waals surface area (Å²) in [6.45, 7) is 4.27. The van der Waals surface area contributed by atoms with Crippen molar-refractivity contribution in [2.45, 2.75) is 51.5 Å². The van der Waals surface area contributed by atoms with Crippen molar-refractivity contribution in [3.8, 4) is 0 Å². The van der Waals surface area contributed by atoms with Gasteiger partial charge in [-0.15, -0.1) is 0 Å². The molecule has 0 spiro atoms. The highest BCUT2D eigenvalue weighted by Crippen LogP contribution is 2.17. The molecule has 0 heterocycles. The molecule has 19 heavy (non-hydrogen) atoms. The number of benzene rings is 1. The van der Waals surface area contributed by atoms with Crippen molar-refractivity contribution in [3.05, 3.63) is 35.4 Å². The lowest BCUT2D eigenvalue weighted by Crippen LogP contribution is -2.37. The molecule has 1 aromatic carbocycles. The second kappa shape index (κ2) is 6.00. The Morgan fingerprint density at radius 1 is 1.16 bits per heavy atom. The van der Waals surface area contributed by atoms with E-state index in [1.807, 2.05) is 24.3 Å². The molecular formula is C16H21NO2. The minimum atomic E-state index is -0.0327. The smallest absolute Gasteiger partial charge is 0.251 e. The minimum absolute atomic E-state index is 0.0327. The Labute approximate surface area is 114 Å². The van der Waals surface area contributed by atoms with E-state index >= 15 is 0 Å². The maximum atomic E-state index is 12.1. The fourth-order valence-corrected chi connectivity index (χ4v) is 2.37. The Balaban J connectivity index is 1.94. The summed E-state index contributed by atoms with van der Waals surface area (Å²) in [6.07, 6.45) is 2.73. The summed E-state index contributed by atoms with van der Waals surface area (Å²) in [6, 6.07) is 7.90.